The second kappa shape index (κ2) is 5.91. The zero-order valence-electron chi connectivity index (χ0n) is 9.39. The summed E-state index contributed by atoms with van der Waals surface area (Å²) in [6, 6.07) is 2.76. The van der Waals surface area contributed by atoms with Crippen LogP contribution in [0.3, 0.4) is 0 Å². The predicted molar refractivity (Wildman–Crippen MR) is 64.3 cm³/mol. The van der Waals surface area contributed by atoms with Crippen molar-refractivity contribution in [2.24, 2.45) is 0 Å². The van der Waals surface area contributed by atoms with Crippen molar-refractivity contribution in [1.29, 1.82) is 0 Å². The van der Waals surface area contributed by atoms with Crippen molar-refractivity contribution in [3.05, 3.63) is 39.4 Å². The quantitative estimate of drug-likeness (QED) is 0.483. The number of hydrogen-bond acceptors (Lipinski definition) is 2. The van der Waals surface area contributed by atoms with Gasteiger partial charge in [0, 0.05) is 11.1 Å². The SMILES string of the molecule is CCOC(=O)/C(C)=C/c1ccc(Br)c(F)c1F. The molecule has 1 aromatic carbocycles. The molecule has 17 heavy (non-hydrogen) atoms. The third-order valence-corrected chi connectivity index (χ3v) is 2.65. The van der Waals surface area contributed by atoms with Crippen molar-refractivity contribution >= 4 is 28.0 Å². The molecule has 1 rings (SSSR count). The molecule has 0 heterocycles. The van der Waals surface area contributed by atoms with E-state index < -0.39 is 17.6 Å². The van der Waals surface area contributed by atoms with Gasteiger partial charge >= 0.3 is 5.97 Å². The smallest absolute Gasteiger partial charge is 0.333 e. The zero-order chi connectivity index (χ0) is 13.0. The molecular formula is C12H11BrF2O2. The second-order valence-electron chi connectivity index (χ2n) is 3.31. The minimum Gasteiger partial charge on any atom is -0.463 e. The minimum atomic E-state index is -0.997. The molecule has 92 valence electrons. The number of rotatable bonds is 3. The molecule has 0 N–H and O–H groups in total. The lowest BCUT2D eigenvalue weighted by molar-refractivity contribution is -0.138. The maximum atomic E-state index is 13.5. The fraction of sp³-hybridized carbons (Fsp3) is 0.250. The van der Waals surface area contributed by atoms with E-state index in [0.29, 0.717) is 0 Å². The summed E-state index contributed by atoms with van der Waals surface area (Å²) in [4.78, 5) is 11.3. The van der Waals surface area contributed by atoms with Crippen LogP contribution in [-0.2, 0) is 9.53 Å². The molecule has 1 aromatic rings. The molecule has 5 heteroatoms. The maximum Gasteiger partial charge on any atom is 0.333 e. The molecule has 0 bridgehead atoms. The van der Waals surface area contributed by atoms with Crippen LogP contribution in [-0.4, -0.2) is 12.6 Å². The van der Waals surface area contributed by atoms with Crippen LogP contribution >= 0.6 is 15.9 Å². The molecule has 0 aliphatic rings. The Kier molecular flexibility index (Phi) is 4.81. The predicted octanol–water partition coefficient (Wildman–Crippen LogP) is 3.69. The maximum absolute atomic E-state index is 13.5. The third kappa shape index (κ3) is 3.36. The standard InChI is InChI=1S/C12H11BrF2O2/c1-3-17-12(16)7(2)6-8-4-5-9(13)11(15)10(8)14/h4-6H,3H2,1-2H3/b7-6+. The zero-order valence-corrected chi connectivity index (χ0v) is 11.0. The summed E-state index contributed by atoms with van der Waals surface area (Å²) in [5, 5.41) is 0. The Hall–Kier alpha value is -1.23. The Morgan fingerprint density at radius 1 is 1.41 bits per heavy atom. The first kappa shape index (κ1) is 13.8. The van der Waals surface area contributed by atoms with Gasteiger partial charge in [-0.05, 0) is 41.9 Å². The van der Waals surface area contributed by atoms with Crippen molar-refractivity contribution in [2.75, 3.05) is 6.61 Å². The molecule has 0 saturated heterocycles. The Morgan fingerprint density at radius 2 is 2.06 bits per heavy atom. The van der Waals surface area contributed by atoms with Crippen molar-refractivity contribution < 1.29 is 18.3 Å². The lowest BCUT2D eigenvalue weighted by Crippen LogP contribution is -2.05. The molecular weight excluding hydrogens is 294 g/mol. The van der Waals surface area contributed by atoms with E-state index in [9.17, 15) is 13.6 Å². The van der Waals surface area contributed by atoms with Gasteiger partial charge in [0.05, 0.1) is 11.1 Å². The van der Waals surface area contributed by atoms with Gasteiger partial charge in [0.25, 0.3) is 0 Å². The molecule has 0 fully saturated rings. The summed E-state index contributed by atoms with van der Waals surface area (Å²) < 4.78 is 31.5. The van der Waals surface area contributed by atoms with Crippen LogP contribution in [0.5, 0.6) is 0 Å². The number of carbonyl (C=O) groups is 1. The second-order valence-corrected chi connectivity index (χ2v) is 4.17. The first-order chi connectivity index (χ1) is 7.97. The Labute approximate surface area is 106 Å². The highest BCUT2D eigenvalue weighted by atomic mass is 79.9. The van der Waals surface area contributed by atoms with E-state index in [2.05, 4.69) is 15.9 Å². The monoisotopic (exact) mass is 304 g/mol. The molecule has 0 saturated carbocycles. The summed E-state index contributed by atoms with van der Waals surface area (Å²) in [5.74, 6) is -2.52. The van der Waals surface area contributed by atoms with Gasteiger partial charge in [-0.15, -0.1) is 0 Å². The van der Waals surface area contributed by atoms with Crippen LogP contribution in [0.4, 0.5) is 8.78 Å². The topological polar surface area (TPSA) is 26.3 Å². The van der Waals surface area contributed by atoms with Crippen LogP contribution in [0.15, 0.2) is 22.2 Å². The van der Waals surface area contributed by atoms with Crippen LogP contribution < -0.4 is 0 Å². The van der Waals surface area contributed by atoms with E-state index in [4.69, 9.17) is 4.74 Å². The summed E-state index contributed by atoms with van der Waals surface area (Å²) in [7, 11) is 0. The van der Waals surface area contributed by atoms with Crippen LogP contribution in [0, 0.1) is 11.6 Å². The molecule has 0 unspecified atom stereocenters. The lowest BCUT2D eigenvalue weighted by Gasteiger charge is -2.04. The van der Waals surface area contributed by atoms with E-state index in [-0.39, 0.29) is 22.2 Å². The lowest BCUT2D eigenvalue weighted by atomic mass is 10.1. The van der Waals surface area contributed by atoms with Gasteiger partial charge in [-0.1, -0.05) is 6.07 Å². The number of benzene rings is 1. The Bertz CT molecular complexity index is 470. The van der Waals surface area contributed by atoms with Crippen molar-refractivity contribution in [2.45, 2.75) is 13.8 Å². The van der Waals surface area contributed by atoms with Gasteiger partial charge in [-0.3, -0.25) is 0 Å². The van der Waals surface area contributed by atoms with Gasteiger partial charge in [0.1, 0.15) is 0 Å². The van der Waals surface area contributed by atoms with E-state index in [1.54, 1.807) is 6.92 Å². The number of hydrogen-bond donors (Lipinski definition) is 0. The third-order valence-electron chi connectivity index (χ3n) is 2.03. The first-order valence-corrected chi connectivity index (χ1v) is 5.75. The highest BCUT2D eigenvalue weighted by Gasteiger charge is 2.12. The first-order valence-electron chi connectivity index (χ1n) is 4.96. The molecule has 0 aliphatic heterocycles. The molecule has 0 spiro atoms. The van der Waals surface area contributed by atoms with E-state index in [1.165, 1.54) is 25.1 Å². The summed E-state index contributed by atoms with van der Waals surface area (Å²) in [6.07, 6.45) is 1.25. The minimum absolute atomic E-state index is 0.0104. The average Bonchev–Trinajstić information content (AvgIpc) is 2.30. The van der Waals surface area contributed by atoms with Gasteiger partial charge in [0.15, 0.2) is 11.6 Å². The van der Waals surface area contributed by atoms with Gasteiger partial charge < -0.3 is 4.74 Å². The summed E-state index contributed by atoms with van der Waals surface area (Å²) >= 11 is 2.87. The number of esters is 1. The Balaban J connectivity index is 3.06. The summed E-state index contributed by atoms with van der Waals surface area (Å²) in [5.41, 5.74) is 0.226. The van der Waals surface area contributed by atoms with Gasteiger partial charge in [0.2, 0.25) is 0 Å². The van der Waals surface area contributed by atoms with E-state index in [1.807, 2.05) is 0 Å². The fourth-order valence-electron chi connectivity index (χ4n) is 1.19. The fourth-order valence-corrected chi connectivity index (χ4v) is 1.50. The van der Waals surface area contributed by atoms with Crippen LogP contribution in [0.25, 0.3) is 6.08 Å². The van der Waals surface area contributed by atoms with Crippen LogP contribution in [0.1, 0.15) is 19.4 Å². The number of carbonyl (C=O) groups excluding carboxylic acids is 1. The van der Waals surface area contributed by atoms with Crippen LogP contribution in [0.2, 0.25) is 0 Å². The van der Waals surface area contributed by atoms with Crippen molar-refractivity contribution in [1.82, 2.24) is 0 Å². The van der Waals surface area contributed by atoms with Crippen molar-refractivity contribution in [3.63, 3.8) is 0 Å². The van der Waals surface area contributed by atoms with Gasteiger partial charge in [-0.25, -0.2) is 13.6 Å². The molecule has 0 atom stereocenters. The van der Waals surface area contributed by atoms with E-state index >= 15 is 0 Å². The normalized spacial score (nSPS) is 11.5. The Morgan fingerprint density at radius 3 is 2.65 bits per heavy atom. The summed E-state index contributed by atoms with van der Waals surface area (Å²) in [6.45, 7) is 3.39. The number of halogens is 3. The highest BCUT2D eigenvalue weighted by molar-refractivity contribution is 9.10. The van der Waals surface area contributed by atoms with E-state index in [0.717, 1.165) is 0 Å². The van der Waals surface area contributed by atoms with Crippen molar-refractivity contribution in [3.8, 4) is 0 Å². The highest BCUT2D eigenvalue weighted by Crippen LogP contribution is 2.22. The molecule has 0 aliphatic carbocycles. The number of ether oxygens (including phenoxy) is 1. The van der Waals surface area contributed by atoms with Gasteiger partial charge in [-0.2, -0.15) is 0 Å². The largest absolute Gasteiger partial charge is 0.463 e. The molecule has 0 amide bonds. The molecule has 0 radical (unpaired) electrons. The average molecular weight is 305 g/mol. The molecule has 0 aromatic heterocycles. The molecule has 2 nitrogen and oxygen atoms in total.